The second-order valence-electron chi connectivity index (χ2n) is 5.02. The van der Waals surface area contributed by atoms with Crippen LogP contribution < -0.4 is 4.74 Å². The number of hydrogen-bond acceptors (Lipinski definition) is 2. The fraction of sp³-hybridized carbons (Fsp3) is 0.500. The summed E-state index contributed by atoms with van der Waals surface area (Å²) in [5.41, 5.74) is 0. The van der Waals surface area contributed by atoms with E-state index in [0.717, 1.165) is 12.8 Å². The topological polar surface area (TPSA) is 46.5 Å². The molecule has 112 valence electrons. The number of benzene rings is 1. The summed E-state index contributed by atoms with van der Waals surface area (Å²) in [6.45, 7) is 2.46. The maximum absolute atomic E-state index is 11.3. The maximum Gasteiger partial charge on any atom is 0.301 e. The summed E-state index contributed by atoms with van der Waals surface area (Å²) in [6, 6.07) is 7.08. The number of unbranched alkanes of at least 4 members (excludes halogenated alkanes) is 1. The Balaban J connectivity index is 0.00000361. The molecule has 1 aromatic rings. The third-order valence-electron chi connectivity index (χ3n) is 3.33. The SMILES string of the molecule is BC(CCCC)(CCOc1ccc(Cl)cc1)C(=O)O.Cl. The molecule has 0 aliphatic carbocycles. The molecule has 0 saturated carbocycles. The van der Waals surface area contributed by atoms with Gasteiger partial charge in [-0.2, -0.15) is 0 Å². The molecule has 0 aliphatic heterocycles. The first-order chi connectivity index (χ1) is 8.98. The minimum Gasteiger partial charge on any atom is -0.494 e. The lowest BCUT2D eigenvalue weighted by atomic mass is 9.63. The van der Waals surface area contributed by atoms with Crippen molar-refractivity contribution in [3.8, 4) is 5.75 Å². The van der Waals surface area contributed by atoms with Gasteiger partial charge in [0.2, 0.25) is 0 Å². The summed E-state index contributed by atoms with van der Waals surface area (Å²) in [4.78, 5) is 11.3. The monoisotopic (exact) mass is 318 g/mol. The fourth-order valence-corrected chi connectivity index (χ4v) is 1.96. The van der Waals surface area contributed by atoms with Crippen LogP contribution in [0.5, 0.6) is 5.75 Å². The molecule has 0 spiro atoms. The van der Waals surface area contributed by atoms with Crippen molar-refractivity contribution in [1.82, 2.24) is 0 Å². The van der Waals surface area contributed by atoms with E-state index < -0.39 is 11.3 Å². The van der Waals surface area contributed by atoms with Gasteiger partial charge in [-0.1, -0.05) is 31.4 Å². The van der Waals surface area contributed by atoms with Crippen molar-refractivity contribution < 1.29 is 14.6 Å². The van der Waals surface area contributed by atoms with Crippen molar-refractivity contribution >= 4 is 37.8 Å². The van der Waals surface area contributed by atoms with Gasteiger partial charge < -0.3 is 9.84 Å². The molecule has 0 fully saturated rings. The van der Waals surface area contributed by atoms with Crippen LogP contribution in [-0.2, 0) is 4.79 Å². The molecule has 1 unspecified atom stereocenters. The smallest absolute Gasteiger partial charge is 0.301 e. The highest BCUT2D eigenvalue weighted by Gasteiger charge is 2.32. The van der Waals surface area contributed by atoms with Gasteiger partial charge in [-0.15, -0.1) is 12.4 Å². The van der Waals surface area contributed by atoms with Gasteiger partial charge in [-0.3, -0.25) is 4.79 Å². The minimum atomic E-state index is -0.749. The highest BCUT2D eigenvalue weighted by Crippen LogP contribution is 2.33. The Bertz CT molecular complexity index is 411. The van der Waals surface area contributed by atoms with Crippen molar-refractivity contribution in [2.75, 3.05) is 6.61 Å². The summed E-state index contributed by atoms with van der Waals surface area (Å²) in [6.07, 6.45) is 3.11. The quantitative estimate of drug-likeness (QED) is 0.745. The van der Waals surface area contributed by atoms with E-state index in [2.05, 4.69) is 6.92 Å². The number of rotatable bonds is 8. The predicted octanol–water partition coefficient (Wildman–Crippen LogP) is 3.60. The molecule has 1 N–H and O–H groups in total. The van der Waals surface area contributed by atoms with Crippen molar-refractivity contribution in [3.05, 3.63) is 29.3 Å². The van der Waals surface area contributed by atoms with Crippen molar-refractivity contribution in [3.63, 3.8) is 0 Å². The number of carbonyl (C=O) groups is 1. The van der Waals surface area contributed by atoms with Crippen LogP contribution in [-0.4, -0.2) is 25.5 Å². The van der Waals surface area contributed by atoms with Crippen LogP contribution in [0.4, 0.5) is 0 Å². The first-order valence-electron chi connectivity index (χ1n) is 6.60. The fourth-order valence-electron chi connectivity index (χ4n) is 1.83. The molecule has 0 aromatic heterocycles. The van der Waals surface area contributed by atoms with Crippen LogP contribution >= 0.6 is 24.0 Å². The molecular formula is C14H21BCl2O3. The minimum absolute atomic E-state index is 0. The Morgan fingerprint density at radius 3 is 2.45 bits per heavy atom. The molecule has 3 nitrogen and oxygen atoms in total. The number of halogens is 2. The summed E-state index contributed by atoms with van der Waals surface area (Å²) in [5.74, 6) is -0.0340. The van der Waals surface area contributed by atoms with Gasteiger partial charge in [0.15, 0.2) is 0 Å². The molecule has 0 saturated heterocycles. The van der Waals surface area contributed by atoms with E-state index in [9.17, 15) is 9.90 Å². The molecule has 0 bridgehead atoms. The van der Waals surface area contributed by atoms with Crippen LogP contribution in [0.1, 0.15) is 32.6 Å². The van der Waals surface area contributed by atoms with E-state index in [-0.39, 0.29) is 12.4 Å². The molecule has 0 heterocycles. The van der Waals surface area contributed by atoms with E-state index in [1.54, 1.807) is 32.1 Å². The molecule has 6 heteroatoms. The highest BCUT2D eigenvalue weighted by atomic mass is 35.5. The van der Waals surface area contributed by atoms with Crippen LogP contribution in [0.15, 0.2) is 24.3 Å². The van der Waals surface area contributed by atoms with E-state index in [1.165, 1.54) is 0 Å². The standard InChI is InChI=1S/C14H20BClO3.ClH/c1-2-3-8-14(15,13(17)18)9-10-19-12-6-4-11(16)5-7-12;/h4-7H,2-3,8-10,15H2,1H3,(H,17,18);1H. The van der Waals surface area contributed by atoms with Crippen LogP contribution in [0.25, 0.3) is 0 Å². The van der Waals surface area contributed by atoms with Gasteiger partial charge in [0.25, 0.3) is 0 Å². The lowest BCUT2D eigenvalue weighted by molar-refractivity contribution is -0.141. The first-order valence-corrected chi connectivity index (χ1v) is 6.97. The molecule has 1 aromatic carbocycles. The molecule has 20 heavy (non-hydrogen) atoms. The van der Waals surface area contributed by atoms with Crippen molar-refractivity contribution in [1.29, 1.82) is 0 Å². The number of hydrogen-bond donors (Lipinski definition) is 1. The first kappa shape index (κ1) is 19.1. The third kappa shape index (κ3) is 6.06. The molecule has 0 radical (unpaired) electrons. The van der Waals surface area contributed by atoms with Crippen LogP contribution in [0.3, 0.4) is 0 Å². The Kier molecular flexibility index (Phi) is 8.75. The predicted molar refractivity (Wildman–Crippen MR) is 87.2 cm³/mol. The molecule has 0 amide bonds. The lowest BCUT2D eigenvalue weighted by Crippen LogP contribution is -2.26. The normalized spacial score (nSPS) is 13.1. The zero-order chi connectivity index (χ0) is 14.3. The Morgan fingerprint density at radius 1 is 1.35 bits per heavy atom. The van der Waals surface area contributed by atoms with E-state index >= 15 is 0 Å². The van der Waals surface area contributed by atoms with Gasteiger partial charge in [-0.25, -0.2) is 0 Å². The molecule has 0 aliphatic rings. The summed E-state index contributed by atoms with van der Waals surface area (Å²) < 4.78 is 5.56. The van der Waals surface area contributed by atoms with Gasteiger partial charge in [0.05, 0.1) is 6.61 Å². The summed E-state index contributed by atoms with van der Waals surface area (Å²) >= 11 is 5.78. The van der Waals surface area contributed by atoms with Gasteiger partial charge in [0.1, 0.15) is 13.6 Å². The van der Waals surface area contributed by atoms with Crippen molar-refractivity contribution in [2.45, 2.75) is 37.9 Å². The van der Waals surface area contributed by atoms with E-state index in [0.29, 0.717) is 30.2 Å². The largest absolute Gasteiger partial charge is 0.494 e. The van der Waals surface area contributed by atoms with E-state index in [4.69, 9.17) is 16.3 Å². The van der Waals surface area contributed by atoms with Crippen LogP contribution in [0.2, 0.25) is 10.3 Å². The van der Waals surface area contributed by atoms with Gasteiger partial charge in [0, 0.05) is 10.3 Å². The van der Waals surface area contributed by atoms with Gasteiger partial charge in [-0.05, 0) is 37.1 Å². The summed E-state index contributed by atoms with van der Waals surface area (Å²) in [7, 11) is 1.79. The third-order valence-corrected chi connectivity index (χ3v) is 3.59. The molecule has 1 atom stereocenters. The maximum atomic E-state index is 11.3. The number of carboxylic acids is 1. The average Bonchev–Trinajstić information content (AvgIpc) is 2.38. The lowest BCUT2D eigenvalue weighted by Gasteiger charge is -2.24. The zero-order valence-corrected chi connectivity index (χ0v) is 13.5. The van der Waals surface area contributed by atoms with Crippen LogP contribution in [0, 0.1) is 0 Å². The molecule has 1 rings (SSSR count). The highest BCUT2D eigenvalue weighted by molar-refractivity contribution is 6.30. The van der Waals surface area contributed by atoms with E-state index in [1.807, 2.05) is 0 Å². The Hall–Kier alpha value is -0.865. The zero-order valence-electron chi connectivity index (χ0n) is 11.9. The van der Waals surface area contributed by atoms with Gasteiger partial charge >= 0.3 is 5.97 Å². The summed E-state index contributed by atoms with van der Waals surface area (Å²) in [5, 5.41) is 9.27. The second-order valence-corrected chi connectivity index (χ2v) is 5.46. The number of ether oxygens (including phenoxy) is 1. The Labute approximate surface area is 132 Å². The average molecular weight is 319 g/mol. The van der Waals surface area contributed by atoms with Crippen molar-refractivity contribution in [2.24, 2.45) is 0 Å². The number of carboxylic acid groups (broad SMARTS) is 1. The second kappa shape index (κ2) is 9.14. The number of aliphatic carboxylic acids is 1. The molecular weight excluding hydrogens is 298 g/mol. The Morgan fingerprint density at radius 2 is 1.95 bits per heavy atom.